The van der Waals surface area contributed by atoms with Crippen molar-refractivity contribution in [1.29, 1.82) is 0 Å². The normalized spacial score (nSPS) is 18.7. The number of amides is 1. The number of aromatic amines is 1. The predicted octanol–water partition coefficient (Wildman–Crippen LogP) is 5.99. The van der Waals surface area contributed by atoms with Crippen molar-refractivity contribution in [3.05, 3.63) is 112 Å². The Morgan fingerprint density at radius 2 is 1.62 bits per heavy atom. The zero-order valence-electron chi connectivity index (χ0n) is 29.8. The van der Waals surface area contributed by atoms with Crippen LogP contribution in [0.3, 0.4) is 0 Å². The minimum absolute atomic E-state index is 0.00185. The number of methoxy groups -OCH3 is 2. The van der Waals surface area contributed by atoms with Gasteiger partial charge in [0, 0.05) is 0 Å². The molecule has 1 amide bonds. The fourth-order valence-electron chi connectivity index (χ4n) is 6.16. The van der Waals surface area contributed by atoms with Crippen molar-refractivity contribution < 1.29 is 32.8 Å². The molecule has 15 heteroatoms. The summed E-state index contributed by atoms with van der Waals surface area (Å²) in [5.41, 5.74) is 1.23. The van der Waals surface area contributed by atoms with E-state index in [2.05, 4.69) is 20.3 Å². The van der Waals surface area contributed by atoms with E-state index in [-0.39, 0.29) is 56.5 Å². The SMILES string of the molecule is COc1ccc(C(OC[C@H]2O[C@@H](n3cnc4c(=O)[nH]c(NC(=O)C(C)C)nc43)C[C@@H]2O[P@](C)(=O)[Se]C)(c2ccccc2)c2ccc(OC)cc2)cc1. The van der Waals surface area contributed by atoms with Gasteiger partial charge in [-0.15, -0.1) is 0 Å². The van der Waals surface area contributed by atoms with E-state index in [1.165, 1.54) is 6.33 Å². The number of carbonyl (C=O) groups is 1. The van der Waals surface area contributed by atoms with Gasteiger partial charge in [0.15, 0.2) is 0 Å². The topological polar surface area (TPSA) is 156 Å². The molecule has 2 aromatic heterocycles. The first kappa shape index (κ1) is 37.5. The van der Waals surface area contributed by atoms with Gasteiger partial charge in [-0.1, -0.05) is 13.8 Å². The van der Waals surface area contributed by atoms with Gasteiger partial charge in [0.25, 0.3) is 0 Å². The first-order chi connectivity index (χ1) is 25.0. The molecule has 5 aromatic rings. The number of H-pyrrole nitrogens is 1. The van der Waals surface area contributed by atoms with Crippen LogP contribution in [0.25, 0.3) is 11.2 Å². The van der Waals surface area contributed by atoms with Crippen LogP contribution < -0.4 is 20.3 Å². The second-order valence-electron chi connectivity index (χ2n) is 12.7. The summed E-state index contributed by atoms with van der Waals surface area (Å²) in [6.45, 7) is 5.15. The Hall–Kier alpha value is -4.29. The second kappa shape index (κ2) is 15.8. The summed E-state index contributed by atoms with van der Waals surface area (Å²) in [6.07, 6.45) is -0.283. The van der Waals surface area contributed by atoms with Crippen LogP contribution in [0.2, 0.25) is 5.82 Å². The molecule has 3 aromatic carbocycles. The zero-order valence-corrected chi connectivity index (χ0v) is 32.4. The number of aromatic nitrogens is 4. The van der Waals surface area contributed by atoms with Crippen LogP contribution in [0.5, 0.6) is 11.5 Å². The molecule has 0 spiro atoms. The molecule has 3 heterocycles. The number of fused-ring (bicyclic) bond motifs is 1. The van der Waals surface area contributed by atoms with Crippen molar-refractivity contribution in [3.8, 4) is 11.5 Å². The Labute approximate surface area is 307 Å². The van der Waals surface area contributed by atoms with Crippen LogP contribution in [-0.2, 0) is 29.0 Å². The first-order valence-corrected chi connectivity index (χ1v) is 22.7. The number of benzene rings is 3. The number of nitrogens with zero attached hydrogens (tertiary/aromatic N) is 3. The van der Waals surface area contributed by atoms with E-state index in [0.717, 1.165) is 16.7 Å². The van der Waals surface area contributed by atoms with E-state index in [0.29, 0.717) is 11.5 Å². The quantitative estimate of drug-likeness (QED) is 0.0779. The van der Waals surface area contributed by atoms with Gasteiger partial charge in [-0.2, -0.15) is 0 Å². The molecule has 1 aliphatic rings. The molecule has 4 atom stereocenters. The molecule has 1 fully saturated rings. The molecule has 1 aliphatic heterocycles. The minimum atomic E-state index is -2.95. The maximum atomic E-state index is 13.5. The van der Waals surface area contributed by atoms with Gasteiger partial charge < -0.3 is 0 Å². The van der Waals surface area contributed by atoms with Crippen molar-refractivity contribution in [3.63, 3.8) is 0 Å². The molecule has 1 saturated heterocycles. The van der Waals surface area contributed by atoms with E-state index in [1.54, 1.807) is 39.3 Å². The van der Waals surface area contributed by atoms with Crippen molar-refractivity contribution in [2.75, 3.05) is 32.8 Å². The van der Waals surface area contributed by atoms with Crippen molar-refractivity contribution >= 4 is 43.6 Å². The van der Waals surface area contributed by atoms with E-state index in [9.17, 15) is 14.2 Å². The van der Waals surface area contributed by atoms with Crippen molar-refractivity contribution in [2.24, 2.45) is 5.92 Å². The molecule has 0 unspecified atom stereocenters. The second-order valence-corrected chi connectivity index (χ2v) is 21.3. The van der Waals surface area contributed by atoms with Gasteiger partial charge in [-0.25, -0.2) is 0 Å². The third-order valence-corrected chi connectivity index (χ3v) is 15.0. The summed E-state index contributed by atoms with van der Waals surface area (Å²) < 4.78 is 46.2. The van der Waals surface area contributed by atoms with E-state index in [4.69, 9.17) is 23.5 Å². The van der Waals surface area contributed by atoms with E-state index < -0.39 is 35.7 Å². The van der Waals surface area contributed by atoms with Gasteiger partial charge in [0.05, 0.1) is 14.2 Å². The zero-order chi connectivity index (χ0) is 37.0. The van der Waals surface area contributed by atoms with Gasteiger partial charge >= 0.3 is 280 Å². The number of hydrogen-bond donors (Lipinski definition) is 2. The Kier molecular flexibility index (Phi) is 11.4. The molecule has 0 radical (unpaired) electrons. The summed E-state index contributed by atoms with van der Waals surface area (Å²) in [6, 6.07) is 22.4. The number of anilines is 1. The van der Waals surface area contributed by atoms with Crippen LogP contribution in [0.1, 0.15) is 43.2 Å². The third-order valence-electron chi connectivity index (χ3n) is 8.99. The summed E-state index contributed by atoms with van der Waals surface area (Å²) in [4.78, 5) is 36.8. The number of carbonyl (C=O) groups excluding carboxylic acids is 1. The number of rotatable bonds is 14. The number of imidazole rings is 1. The van der Waals surface area contributed by atoms with Crippen LogP contribution in [0, 0.1) is 5.92 Å². The Morgan fingerprint density at radius 1 is 1.02 bits per heavy atom. The maximum absolute atomic E-state index is 13.5. The fraction of sp³-hybridized carbons (Fsp3) is 0.351. The standard InChI is InChI=1S/C37H42N5O8PSe/c1-23(2)34(43)40-36-39-33-32(35(44)41-36)38-22-42(33)31-20-29(50-51(5,45)52-6)30(49-31)21-48-37(24-10-8-7-9-11-24,25-12-16-27(46-3)17-13-25)26-14-18-28(47-4)19-15-26/h7-19,22-23,29-31H,20-21H2,1-6H3,(H2,39,40,41,43,44)/t29-,30+,31+,51-/m0/s1. The third kappa shape index (κ3) is 7.73. The Bertz CT molecular complexity index is 2060. The summed E-state index contributed by atoms with van der Waals surface area (Å²) in [5, 5.41) is 2.65. The number of hydrogen-bond acceptors (Lipinski definition) is 10. The first-order valence-electron chi connectivity index (χ1n) is 16.7. The van der Waals surface area contributed by atoms with Gasteiger partial charge in [0.2, 0.25) is 0 Å². The van der Waals surface area contributed by atoms with Crippen LogP contribution in [-0.4, -0.2) is 79.6 Å². The molecule has 52 heavy (non-hydrogen) atoms. The van der Waals surface area contributed by atoms with Crippen LogP contribution >= 0.6 is 6.06 Å². The average molecular weight is 795 g/mol. The fourth-order valence-corrected chi connectivity index (χ4v) is 8.20. The Morgan fingerprint density at radius 3 is 2.17 bits per heavy atom. The summed E-state index contributed by atoms with van der Waals surface area (Å²) in [7, 11) is 3.24. The Balaban J connectivity index is 1.41. The number of ether oxygens (including phenoxy) is 4. The molecule has 13 nitrogen and oxygen atoms in total. The molecule has 274 valence electrons. The molecule has 0 aliphatic carbocycles. The van der Waals surface area contributed by atoms with E-state index in [1.807, 2.05) is 84.7 Å². The molecule has 6 rings (SSSR count). The molecule has 2 N–H and O–H groups in total. The molecular weight excluding hydrogens is 752 g/mol. The van der Waals surface area contributed by atoms with Crippen LogP contribution in [0.4, 0.5) is 5.95 Å². The molecule has 0 bridgehead atoms. The number of nitrogens with one attached hydrogen (secondary N) is 2. The van der Waals surface area contributed by atoms with Gasteiger partial charge in [-0.3, -0.25) is 0 Å². The summed E-state index contributed by atoms with van der Waals surface area (Å²) >= 11 is -0.281. The summed E-state index contributed by atoms with van der Waals surface area (Å²) in [5.74, 6) is 2.65. The molecule has 0 saturated carbocycles. The van der Waals surface area contributed by atoms with Gasteiger partial charge in [-0.05, 0) is 0 Å². The van der Waals surface area contributed by atoms with Crippen LogP contribution in [0.15, 0.2) is 90.0 Å². The van der Waals surface area contributed by atoms with Crippen molar-refractivity contribution in [1.82, 2.24) is 19.5 Å². The van der Waals surface area contributed by atoms with Crippen molar-refractivity contribution in [2.45, 2.75) is 50.1 Å². The predicted molar refractivity (Wildman–Crippen MR) is 198 cm³/mol. The van der Waals surface area contributed by atoms with E-state index >= 15 is 0 Å². The average Bonchev–Trinajstić information content (AvgIpc) is 3.76. The monoisotopic (exact) mass is 795 g/mol. The van der Waals surface area contributed by atoms with Gasteiger partial charge in [0.1, 0.15) is 0 Å². The molecular formula is C37H42N5O8PSe.